The molecule has 1 heterocycles. The monoisotopic (exact) mass is 279 g/mol. The van der Waals surface area contributed by atoms with Gasteiger partial charge in [0.05, 0.1) is 18.7 Å². The van der Waals surface area contributed by atoms with Gasteiger partial charge in [-0.25, -0.2) is 0 Å². The fraction of sp³-hybridized carbons (Fsp3) is 0.167. The van der Waals surface area contributed by atoms with Crippen molar-refractivity contribution in [3.05, 3.63) is 71.9 Å². The number of ether oxygens (including phenoxy) is 1. The molecule has 21 heavy (non-hydrogen) atoms. The number of hydrogen-bond donors (Lipinski definition) is 1. The maximum Gasteiger partial charge on any atom is 0.122 e. The second-order valence-electron chi connectivity index (χ2n) is 4.95. The van der Waals surface area contributed by atoms with Crippen LogP contribution < -0.4 is 4.74 Å². The van der Waals surface area contributed by atoms with Crippen LogP contribution in [0.1, 0.15) is 17.2 Å². The van der Waals surface area contributed by atoms with Gasteiger partial charge in [-0.3, -0.25) is 4.98 Å². The molecule has 3 aromatic rings. The molecule has 0 radical (unpaired) electrons. The molecule has 0 fully saturated rings. The summed E-state index contributed by atoms with van der Waals surface area (Å²) in [6.07, 6.45) is 1.69. The van der Waals surface area contributed by atoms with E-state index in [4.69, 9.17) is 4.74 Å². The Morgan fingerprint density at radius 1 is 1.05 bits per heavy atom. The Morgan fingerprint density at radius 3 is 2.76 bits per heavy atom. The van der Waals surface area contributed by atoms with Crippen molar-refractivity contribution < 1.29 is 9.84 Å². The second-order valence-corrected chi connectivity index (χ2v) is 4.95. The Kier molecular flexibility index (Phi) is 3.84. The molecule has 0 spiro atoms. The maximum atomic E-state index is 10.6. The van der Waals surface area contributed by atoms with E-state index in [2.05, 4.69) is 4.98 Å². The van der Waals surface area contributed by atoms with E-state index in [0.29, 0.717) is 6.42 Å². The van der Waals surface area contributed by atoms with Crippen LogP contribution in [0.4, 0.5) is 0 Å². The van der Waals surface area contributed by atoms with Crippen LogP contribution >= 0.6 is 0 Å². The highest BCUT2D eigenvalue weighted by Gasteiger charge is 2.14. The minimum Gasteiger partial charge on any atom is -0.496 e. The largest absolute Gasteiger partial charge is 0.496 e. The summed E-state index contributed by atoms with van der Waals surface area (Å²) in [5, 5.41) is 11.6. The zero-order valence-electron chi connectivity index (χ0n) is 11.9. The molecule has 0 bridgehead atoms. The molecule has 0 saturated carbocycles. The minimum absolute atomic E-state index is 0.512. The first-order chi connectivity index (χ1) is 10.3. The van der Waals surface area contributed by atoms with Crippen molar-refractivity contribution in [3.63, 3.8) is 0 Å². The molecule has 1 N–H and O–H groups in total. The van der Waals surface area contributed by atoms with Gasteiger partial charge in [-0.2, -0.15) is 0 Å². The number of rotatable bonds is 4. The van der Waals surface area contributed by atoms with Crippen molar-refractivity contribution in [2.24, 2.45) is 0 Å². The van der Waals surface area contributed by atoms with Crippen LogP contribution in [0.25, 0.3) is 10.9 Å². The number of benzene rings is 2. The predicted molar refractivity (Wildman–Crippen MR) is 83.4 cm³/mol. The molecule has 1 unspecified atom stereocenters. The molecule has 0 aliphatic rings. The van der Waals surface area contributed by atoms with Gasteiger partial charge in [-0.15, -0.1) is 0 Å². The normalized spacial score (nSPS) is 12.3. The first-order valence-corrected chi connectivity index (χ1v) is 6.93. The van der Waals surface area contributed by atoms with Gasteiger partial charge >= 0.3 is 0 Å². The summed E-state index contributed by atoms with van der Waals surface area (Å²) in [4.78, 5) is 4.33. The van der Waals surface area contributed by atoms with Gasteiger partial charge in [0.15, 0.2) is 0 Å². The fourth-order valence-corrected chi connectivity index (χ4v) is 2.61. The van der Waals surface area contributed by atoms with Crippen LogP contribution in [0.5, 0.6) is 5.75 Å². The van der Waals surface area contributed by atoms with Crippen LogP contribution in [-0.4, -0.2) is 17.2 Å². The van der Waals surface area contributed by atoms with Gasteiger partial charge in [-0.1, -0.05) is 36.4 Å². The highest BCUT2D eigenvalue weighted by molar-refractivity contribution is 5.82. The van der Waals surface area contributed by atoms with Crippen LogP contribution in [0, 0.1) is 0 Å². The molecular formula is C18H17NO2. The molecule has 1 aromatic heterocycles. The molecule has 3 heteroatoms. The van der Waals surface area contributed by atoms with Crippen molar-refractivity contribution in [1.82, 2.24) is 4.98 Å². The summed E-state index contributed by atoms with van der Waals surface area (Å²) in [5.41, 5.74) is 2.79. The van der Waals surface area contributed by atoms with Gasteiger partial charge in [0, 0.05) is 18.0 Å². The molecule has 0 saturated heterocycles. The summed E-state index contributed by atoms with van der Waals surface area (Å²) in [6.45, 7) is 0. The third-order valence-corrected chi connectivity index (χ3v) is 3.64. The SMILES string of the molecule is COc1ccccc1CC(O)c1cccc2ncccc12. The van der Waals surface area contributed by atoms with Gasteiger partial charge in [0.25, 0.3) is 0 Å². The molecule has 1 atom stereocenters. The summed E-state index contributed by atoms with van der Waals surface area (Å²) in [6, 6.07) is 17.5. The number of fused-ring (bicyclic) bond motifs is 1. The average Bonchev–Trinajstić information content (AvgIpc) is 2.54. The highest BCUT2D eigenvalue weighted by Crippen LogP contribution is 2.28. The van der Waals surface area contributed by atoms with E-state index in [-0.39, 0.29) is 0 Å². The third kappa shape index (κ3) is 2.73. The zero-order chi connectivity index (χ0) is 14.7. The Bertz CT molecular complexity index is 750. The topological polar surface area (TPSA) is 42.4 Å². The predicted octanol–water partition coefficient (Wildman–Crippen LogP) is 3.52. The maximum absolute atomic E-state index is 10.6. The molecule has 106 valence electrons. The number of aliphatic hydroxyl groups is 1. The third-order valence-electron chi connectivity index (χ3n) is 3.64. The van der Waals surface area contributed by atoms with Crippen LogP contribution in [0.2, 0.25) is 0 Å². The lowest BCUT2D eigenvalue weighted by molar-refractivity contribution is 0.179. The lowest BCUT2D eigenvalue weighted by Gasteiger charge is -2.15. The number of aliphatic hydroxyl groups excluding tert-OH is 1. The molecule has 0 aliphatic heterocycles. The number of pyridine rings is 1. The van der Waals surface area contributed by atoms with Crippen molar-refractivity contribution in [2.75, 3.05) is 7.11 Å². The first kappa shape index (κ1) is 13.6. The van der Waals surface area contributed by atoms with Crippen molar-refractivity contribution in [2.45, 2.75) is 12.5 Å². The number of hydrogen-bond acceptors (Lipinski definition) is 3. The lowest BCUT2D eigenvalue weighted by atomic mass is 9.97. The summed E-state index contributed by atoms with van der Waals surface area (Å²) in [7, 11) is 1.65. The van der Waals surface area contributed by atoms with E-state index in [1.165, 1.54) is 0 Å². The van der Waals surface area contributed by atoms with Gasteiger partial charge < -0.3 is 9.84 Å². The van der Waals surface area contributed by atoms with Crippen molar-refractivity contribution >= 4 is 10.9 Å². The molecule has 0 aliphatic carbocycles. The summed E-state index contributed by atoms with van der Waals surface area (Å²) < 4.78 is 5.35. The Balaban J connectivity index is 1.96. The number of nitrogens with zero attached hydrogens (tertiary/aromatic N) is 1. The highest BCUT2D eigenvalue weighted by atomic mass is 16.5. The standard InChI is InChI=1S/C18H17NO2/c1-21-18-10-3-2-6-13(18)12-17(20)15-7-4-9-16-14(15)8-5-11-19-16/h2-11,17,20H,12H2,1H3. The van der Waals surface area contributed by atoms with Gasteiger partial charge in [-0.05, 0) is 29.3 Å². The minimum atomic E-state index is -0.589. The zero-order valence-corrected chi connectivity index (χ0v) is 11.9. The first-order valence-electron chi connectivity index (χ1n) is 6.93. The van der Waals surface area contributed by atoms with E-state index < -0.39 is 6.10 Å². The molecular weight excluding hydrogens is 262 g/mol. The van der Waals surface area contributed by atoms with Crippen molar-refractivity contribution in [1.29, 1.82) is 0 Å². The van der Waals surface area contributed by atoms with E-state index in [1.807, 2.05) is 54.6 Å². The second kappa shape index (κ2) is 5.94. The fourth-order valence-electron chi connectivity index (χ4n) is 2.61. The molecule has 2 aromatic carbocycles. The van der Waals surface area contributed by atoms with Crippen LogP contribution in [0.3, 0.4) is 0 Å². The molecule has 3 nitrogen and oxygen atoms in total. The van der Waals surface area contributed by atoms with E-state index in [0.717, 1.165) is 27.8 Å². The Hall–Kier alpha value is -2.39. The summed E-state index contributed by atoms with van der Waals surface area (Å²) >= 11 is 0. The van der Waals surface area contributed by atoms with Crippen molar-refractivity contribution in [3.8, 4) is 5.75 Å². The average molecular weight is 279 g/mol. The van der Waals surface area contributed by atoms with Gasteiger partial charge in [0.1, 0.15) is 5.75 Å². The molecule has 0 amide bonds. The number of para-hydroxylation sites is 1. The van der Waals surface area contributed by atoms with Crippen LogP contribution in [-0.2, 0) is 6.42 Å². The smallest absolute Gasteiger partial charge is 0.122 e. The van der Waals surface area contributed by atoms with E-state index in [1.54, 1.807) is 13.3 Å². The number of aromatic nitrogens is 1. The quantitative estimate of drug-likeness (QED) is 0.794. The molecule has 3 rings (SSSR count). The Labute approximate surface area is 123 Å². The van der Waals surface area contributed by atoms with Gasteiger partial charge in [0.2, 0.25) is 0 Å². The Morgan fingerprint density at radius 2 is 1.90 bits per heavy atom. The van der Waals surface area contributed by atoms with Crippen LogP contribution in [0.15, 0.2) is 60.8 Å². The lowest BCUT2D eigenvalue weighted by Crippen LogP contribution is -2.04. The van der Waals surface area contributed by atoms with E-state index >= 15 is 0 Å². The number of methoxy groups -OCH3 is 1. The summed E-state index contributed by atoms with van der Waals surface area (Å²) in [5.74, 6) is 0.801. The van der Waals surface area contributed by atoms with E-state index in [9.17, 15) is 5.11 Å².